The van der Waals surface area contributed by atoms with Crippen LogP contribution in [0.4, 0.5) is 0 Å². The molecule has 0 radical (unpaired) electrons. The smallest absolute Gasteiger partial charge is 0.306 e. The largest absolute Gasteiger partial charge is 0.756 e. The summed E-state index contributed by atoms with van der Waals surface area (Å²) in [4.78, 5) is 25.0. The van der Waals surface area contributed by atoms with Crippen molar-refractivity contribution in [3.05, 3.63) is 48.6 Å². The highest BCUT2D eigenvalue weighted by Gasteiger charge is 2.20. The van der Waals surface area contributed by atoms with Crippen LogP contribution in [0.25, 0.3) is 0 Å². The molecule has 0 saturated carbocycles. The Hall–Kier alpha value is -1.54. The summed E-state index contributed by atoms with van der Waals surface area (Å²) >= 11 is 0. The van der Waals surface area contributed by atoms with E-state index >= 15 is 0 Å². The molecular formula is C44H82NO7P. The van der Waals surface area contributed by atoms with Gasteiger partial charge in [0.15, 0.2) is 0 Å². The summed E-state index contributed by atoms with van der Waals surface area (Å²) in [5, 5.41) is 0. The number of likely N-dealkylation sites (N-methyl/N-ethyl adjacent to an activating group) is 1. The molecule has 310 valence electrons. The second kappa shape index (κ2) is 37.4. The first-order valence-electron chi connectivity index (χ1n) is 21.4. The number of ether oxygens (including phenoxy) is 2. The van der Waals surface area contributed by atoms with E-state index in [9.17, 15) is 14.3 Å². The lowest BCUT2D eigenvalue weighted by Gasteiger charge is -2.28. The zero-order chi connectivity index (χ0) is 39.1. The number of phosphoric acid groups is 1. The van der Waals surface area contributed by atoms with E-state index in [4.69, 9.17) is 18.5 Å². The summed E-state index contributed by atoms with van der Waals surface area (Å²) in [6, 6.07) is 0. The second-order valence-corrected chi connectivity index (χ2v) is 16.7. The second-order valence-electron chi connectivity index (χ2n) is 15.3. The molecule has 0 aliphatic carbocycles. The fourth-order valence-electron chi connectivity index (χ4n) is 5.60. The van der Waals surface area contributed by atoms with E-state index in [2.05, 4.69) is 62.5 Å². The molecule has 2 atom stereocenters. The predicted octanol–water partition coefficient (Wildman–Crippen LogP) is 11.7. The molecule has 0 aromatic rings. The molecule has 8 nitrogen and oxygen atoms in total. The summed E-state index contributed by atoms with van der Waals surface area (Å²) < 4.78 is 34.4. The van der Waals surface area contributed by atoms with Gasteiger partial charge < -0.3 is 27.9 Å². The molecule has 0 aliphatic heterocycles. The number of carbonyl (C=O) groups excluding carboxylic acids is 1. The average molecular weight is 768 g/mol. The number of hydrogen-bond acceptors (Lipinski definition) is 7. The molecular weight excluding hydrogens is 685 g/mol. The maximum atomic E-state index is 12.6. The topological polar surface area (TPSA) is 94.1 Å². The van der Waals surface area contributed by atoms with E-state index in [1.165, 1.54) is 89.9 Å². The molecule has 0 spiro atoms. The number of phosphoric ester groups is 1. The van der Waals surface area contributed by atoms with Crippen molar-refractivity contribution in [3.63, 3.8) is 0 Å². The van der Waals surface area contributed by atoms with Gasteiger partial charge in [0.2, 0.25) is 0 Å². The Labute approximate surface area is 327 Å². The van der Waals surface area contributed by atoms with Crippen LogP contribution in [0, 0.1) is 0 Å². The van der Waals surface area contributed by atoms with E-state index < -0.39 is 13.9 Å². The van der Waals surface area contributed by atoms with Crippen molar-refractivity contribution >= 4 is 13.8 Å². The standard InChI is InChI=1S/C44H82NO7P/c1-6-8-10-12-14-16-17-18-19-20-21-22-23-24-25-26-27-28-29-30-31-33-35-37-44(46)52-43(41-49-39-36-34-32-15-13-11-9-7-2)42-51-53(47,48)50-40-38-45(3,4)5/h8,10,14,16,18-19,21-22,43H,6-7,9,11-13,15,17,20,23-42H2,1-5H3/b10-8-,16-14-,19-18-,22-21-. The Morgan fingerprint density at radius 3 is 1.64 bits per heavy atom. The van der Waals surface area contributed by atoms with Crippen molar-refractivity contribution in [2.45, 2.75) is 174 Å². The van der Waals surface area contributed by atoms with Crippen LogP contribution in [0.5, 0.6) is 0 Å². The first-order valence-corrected chi connectivity index (χ1v) is 22.8. The zero-order valence-electron chi connectivity index (χ0n) is 35.0. The molecule has 9 heteroatoms. The number of hydrogen-bond donors (Lipinski definition) is 0. The van der Waals surface area contributed by atoms with Crippen molar-refractivity contribution < 1.29 is 37.3 Å². The van der Waals surface area contributed by atoms with Gasteiger partial charge in [-0.3, -0.25) is 9.36 Å². The van der Waals surface area contributed by atoms with Gasteiger partial charge in [0.25, 0.3) is 7.82 Å². The third kappa shape index (κ3) is 41.5. The molecule has 0 aliphatic rings. The highest BCUT2D eigenvalue weighted by atomic mass is 31.2. The minimum atomic E-state index is -4.52. The number of nitrogens with zero attached hydrogens (tertiary/aromatic N) is 1. The molecule has 0 aromatic carbocycles. The monoisotopic (exact) mass is 768 g/mol. The van der Waals surface area contributed by atoms with Crippen LogP contribution in [-0.2, 0) is 27.9 Å². The quantitative estimate of drug-likeness (QED) is 0.0202. The van der Waals surface area contributed by atoms with Crippen molar-refractivity contribution in [2.75, 3.05) is 54.1 Å². The van der Waals surface area contributed by atoms with Gasteiger partial charge in [0.1, 0.15) is 19.3 Å². The number of allylic oxidation sites excluding steroid dienone is 8. The Morgan fingerprint density at radius 2 is 1.09 bits per heavy atom. The highest BCUT2D eigenvalue weighted by molar-refractivity contribution is 7.45. The molecule has 0 rings (SSSR count). The van der Waals surface area contributed by atoms with Crippen LogP contribution >= 0.6 is 7.82 Å². The SMILES string of the molecule is CC/C=C\C/C=C\C/C=C\C/C=C\CCCCCCCCCCCCC(=O)OC(COCCCCCCCCCC)COP(=O)([O-])OCC[N+](C)(C)C. The van der Waals surface area contributed by atoms with E-state index in [-0.39, 0.29) is 25.8 Å². The Balaban J connectivity index is 4.10. The van der Waals surface area contributed by atoms with Crippen LogP contribution in [0.15, 0.2) is 48.6 Å². The third-order valence-corrected chi connectivity index (χ3v) is 9.86. The Kier molecular flexibility index (Phi) is 36.3. The van der Waals surface area contributed by atoms with E-state index in [0.29, 0.717) is 24.1 Å². The van der Waals surface area contributed by atoms with Gasteiger partial charge in [0.05, 0.1) is 34.4 Å². The first kappa shape index (κ1) is 51.5. The van der Waals surface area contributed by atoms with Gasteiger partial charge in [-0.15, -0.1) is 0 Å². The number of carbonyl (C=O) groups is 1. The summed E-state index contributed by atoms with van der Waals surface area (Å²) in [6.45, 7) is 5.27. The molecule has 0 bridgehead atoms. The molecule has 2 unspecified atom stereocenters. The van der Waals surface area contributed by atoms with Gasteiger partial charge in [-0.25, -0.2) is 0 Å². The minimum Gasteiger partial charge on any atom is -0.756 e. The maximum Gasteiger partial charge on any atom is 0.306 e. The fourth-order valence-corrected chi connectivity index (χ4v) is 6.32. The lowest BCUT2D eigenvalue weighted by Crippen LogP contribution is -2.37. The van der Waals surface area contributed by atoms with Crippen molar-refractivity contribution in [2.24, 2.45) is 0 Å². The van der Waals surface area contributed by atoms with Crippen molar-refractivity contribution in [1.29, 1.82) is 0 Å². The summed E-state index contributed by atoms with van der Waals surface area (Å²) in [6.07, 6.45) is 44.1. The van der Waals surface area contributed by atoms with Crippen LogP contribution in [0.2, 0.25) is 0 Å². The van der Waals surface area contributed by atoms with Gasteiger partial charge in [-0.05, 0) is 51.4 Å². The maximum absolute atomic E-state index is 12.6. The van der Waals surface area contributed by atoms with Gasteiger partial charge in [0, 0.05) is 13.0 Å². The van der Waals surface area contributed by atoms with E-state index in [1.807, 2.05) is 21.1 Å². The molecule has 0 amide bonds. The molecule has 53 heavy (non-hydrogen) atoms. The molecule has 0 heterocycles. The highest BCUT2D eigenvalue weighted by Crippen LogP contribution is 2.38. The number of unbranched alkanes of at least 4 members (excludes halogenated alkanes) is 17. The van der Waals surface area contributed by atoms with Crippen LogP contribution < -0.4 is 4.89 Å². The summed E-state index contributed by atoms with van der Waals surface area (Å²) in [7, 11) is 1.35. The summed E-state index contributed by atoms with van der Waals surface area (Å²) in [5.41, 5.74) is 0. The fraction of sp³-hybridized carbons (Fsp3) is 0.795. The van der Waals surface area contributed by atoms with Crippen molar-refractivity contribution in [3.8, 4) is 0 Å². The lowest BCUT2D eigenvalue weighted by atomic mass is 10.0. The van der Waals surface area contributed by atoms with Crippen LogP contribution in [0.3, 0.4) is 0 Å². The van der Waals surface area contributed by atoms with E-state index in [1.54, 1.807) is 0 Å². The van der Waals surface area contributed by atoms with Gasteiger partial charge in [-0.2, -0.15) is 0 Å². The Bertz CT molecular complexity index is 989. The number of quaternary nitrogens is 1. The average Bonchev–Trinajstić information content (AvgIpc) is 3.11. The first-order chi connectivity index (χ1) is 25.6. The Morgan fingerprint density at radius 1 is 0.604 bits per heavy atom. The van der Waals surface area contributed by atoms with Gasteiger partial charge >= 0.3 is 5.97 Å². The zero-order valence-corrected chi connectivity index (χ0v) is 35.8. The normalized spacial score (nSPS) is 14.3. The minimum absolute atomic E-state index is 0.0247. The van der Waals surface area contributed by atoms with E-state index in [0.717, 1.165) is 57.8 Å². The van der Waals surface area contributed by atoms with Crippen LogP contribution in [-0.4, -0.2) is 70.7 Å². The molecule has 0 N–H and O–H groups in total. The summed E-state index contributed by atoms with van der Waals surface area (Å²) in [5.74, 6) is -0.341. The molecule has 0 aromatic heterocycles. The van der Waals surface area contributed by atoms with Gasteiger partial charge in [-0.1, -0.05) is 159 Å². The van der Waals surface area contributed by atoms with Crippen LogP contribution in [0.1, 0.15) is 168 Å². The number of esters is 1. The molecule has 0 saturated heterocycles. The lowest BCUT2D eigenvalue weighted by molar-refractivity contribution is -0.870. The third-order valence-electron chi connectivity index (χ3n) is 8.89. The molecule has 0 fully saturated rings. The van der Waals surface area contributed by atoms with Crippen molar-refractivity contribution in [1.82, 2.24) is 0 Å². The number of rotatable bonds is 39. The predicted molar refractivity (Wildman–Crippen MR) is 222 cm³/mol.